The maximum Gasteiger partial charge on any atom is 0.416 e. The van der Waals surface area contributed by atoms with E-state index >= 15 is 0 Å². The summed E-state index contributed by atoms with van der Waals surface area (Å²) in [5, 5.41) is 6.82. The molecular formula is C19H13ClF3N5O2S. The van der Waals surface area contributed by atoms with E-state index in [1.807, 2.05) is 0 Å². The average Bonchev–Trinajstić information content (AvgIpc) is 3.07. The molecule has 31 heavy (non-hydrogen) atoms. The zero-order valence-electron chi connectivity index (χ0n) is 15.4. The van der Waals surface area contributed by atoms with Gasteiger partial charge in [-0.1, -0.05) is 11.6 Å². The summed E-state index contributed by atoms with van der Waals surface area (Å²) in [7, 11) is -4.12. The molecule has 0 atom stereocenters. The number of aromatic nitrogens is 3. The third kappa shape index (κ3) is 4.14. The predicted octanol–water partition coefficient (Wildman–Crippen LogP) is 4.68. The summed E-state index contributed by atoms with van der Waals surface area (Å²) in [5.74, 6) is 0.230. The van der Waals surface area contributed by atoms with Crippen LogP contribution >= 0.6 is 11.6 Å². The number of nitrogens with one attached hydrogen (secondary N) is 2. The van der Waals surface area contributed by atoms with E-state index in [4.69, 9.17) is 17.3 Å². The summed E-state index contributed by atoms with van der Waals surface area (Å²) in [6.07, 6.45) is -4.56. The van der Waals surface area contributed by atoms with Crippen LogP contribution < -0.4 is 10.5 Å². The van der Waals surface area contributed by atoms with E-state index in [9.17, 15) is 21.6 Å². The topological polar surface area (TPSA) is 114 Å². The molecule has 0 unspecified atom stereocenters. The number of pyridine rings is 1. The van der Waals surface area contributed by atoms with Crippen molar-refractivity contribution in [2.24, 2.45) is 0 Å². The lowest BCUT2D eigenvalue weighted by molar-refractivity contribution is -0.137. The fraction of sp³-hybridized carbons (Fsp3) is 0.0526. The molecule has 0 radical (unpaired) electrons. The van der Waals surface area contributed by atoms with Crippen LogP contribution in [0, 0.1) is 0 Å². The molecule has 0 amide bonds. The van der Waals surface area contributed by atoms with Gasteiger partial charge in [-0.3, -0.25) is 9.82 Å². The monoisotopic (exact) mass is 467 g/mol. The van der Waals surface area contributed by atoms with E-state index in [1.165, 1.54) is 12.1 Å². The number of rotatable bonds is 4. The normalized spacial score (nSPS) is 12.3. The highest BCUT2D eigenvalue weighted by Crippen LogP contribution is 2.32. The molecule has 0 spiro atoms. The third-order valence-corrected chi connectivity index (χ3v) is 6.13. The fourth-order valence-corrected chi connectivity index (χ4v) is 4.22. The Hall–Kier alpha value is -3.31. The minimum Gasteiger partial charge on any atom is -0.380 e. The molecule has 4 rings (SSSR count). The molecule has 0 bridgehead atoms. The minimum absolute atomic E-state index is 0.137. The van der Waals surface area contributed by atoms with Gasteiger partial charge in [0.1, 0.15) is 5.52 Å². The summed E-state index contributed by atoms with van der Waals surface area (Å²) in [6, 6.07) is 11.0. The Morgan fingerprint density at radius 1 is 1.03 bits per heavy atom. The van der Waals surface area contributed by atoms with E-state index in [2.05, 4.69) is 19.9 Å². The maximum absolute atomic E-state index is 12.7. The van der Waals surface area contributed by atoms with Crippen LogP contribution in [-0.2, 0) is 16.2 Å². The van der Waals surface area contributed by atoms with Crippen molar-refractivity contribution in [1.29, 1.82) is 0 Å². The summed E-state index contributed by atoms with van der Waals surface area (Å²) in [4.78, 5) is 4.10. The highest BCUT2D eigenvalue weighted by molar-refractivity contribution is 7.92. The molecule has 0 fully saturated rings. The summed E-state index contributed by atoms with van der Waals surface area (Å²) in [6.45, 7) is 0. The number of hydrogen-bond donors (Lipinski definition) is 3. The van der Waals surface area contributed by atoms with Crippen molar-refractivity contribution in [1.82, 2.24) is 15.2 Å². The van der Waals surface area contributed by atoms with Crippen molar-refractivity contribution >= 4 is 44.2 Å². The van der Waals surface area contributed by atoms with Crippen molar-refractivity contribution in [2.75, 3.05) is 10.5 Å². The number of hydrogen-bond acceptors (Lipinski definition) is 5. The lowest BCUT2D eigenvalue weighted by Crippen LogP contribution is -2.13. The number of alkyl halides is 3. The Balaban J connectivity index is 1.60. The van der Waals surface area contributed by atoms with Crippen LogP contribution in [0.2, 0.25) is 5.02 Å². The molecular weight excluding hydrogens is 455 g/mol. The maximum atomic E-state index is 12.7. The van der Waals surface area contributed by atoms with Crippen LogP contribution in [0.1, 0.15) is 5.56 Å². The van der Waals surface area contributed by atoms with Crippen molar-refractivity contribution < 1.29 is 21.6 Å². The molecule has 0 saturated heterocycles. The quantitative estimate of drug-likeness (QED) is 0.403. The number of anilines is 2. The zero-order valence-corrected chi connectivity index (χ0v) is 17.0. The molecule has 0 saturated carbocycles. The minimum atomic E-state index is -4.56. The fourth-order valence-electron chi connectivity index (χ4n) is 2.89. The largest absolute Gasteiger partial charge is 0.416 e. The first-order chi connectivity index (χ1) is 14.5. The Morgan fingerprint density at radius 3 is 2.39 bits per heavy atom. The molecule has 0 aliphatic heterocycles. The Kier molecular flexibility index (Phi) is 5.02. The van der Waals surface area contributed by atoms with Gasteiger partial charge in [0.15, 0.2) is 5.82 Å². The number of fused-ring (bicyclic) bond motifs is 1. The lowest BCUT2D eigenvalue weighted by atomic mass is 10.1. The number of aromatic amines is 1. The van der Waals surface area contributed by atoms with E-state index in [0.29, 0.717) is 34.4 Å². The highest BCUT2D eigenvalue weighted by atomic mass is 35.5. The average molecular weight is 468 g/mol. The van der Waals surface area contributed by atoms with Gasteiger partial charge >= 0.3 is 6.18 Å². The molecule has 7 nitrogen and oxygen atoms in total. The van der Waals surface area contributed by atoms with Crippen LogP contribution in [0.25, 0.3) is 22.3 Å². The molecule has 0 aliphatic carbocycles. The first kappa shape index (κ1) is 20.9. The van der Waals surface area contributed by atoms with Crippen molar-refractivity contribution in [3.8, 4) is 11.3 Å². The van der Waals surface area contributed by atoms with Gasteiger partial charge in [0.25, 0.3) is 10.0 Å². The molecule has 160 valence electrons. The van der Waals surface area contributed by atoms with Crippen molar-refractivity contribution in [3.05, 3.63) is 65.2 Å². The summed E-state index contributed by atoms with van der Waals surface area (Å²) in [5.41, 5.74) is 7.12. The highest BCUT2D eigenvalue weighted by Gasteiger charge is 2.30. The van der Waals surface area contributed by atoms with E-state index in [-0.39, 0.29) is 21.4 Å². The smallest absolute Gasteiger partial charge is 0.380 e. The molecule has 2 aromatic heterocycles. The number of sulfonamides is 1. The van der Waals surface area contributed by atoms with E-state index < -0.39 is 21.8 Å². The Labute approximate surface area is 179 Å². The van der Waals surface area contributed by atoms with Crippen LogP contribution in [0.5, 0.6) is 0 Å². The molecule has 4 N–H and O–H groups in total. The Bertz CT molecular complexity index is 1390. The van der Waals surface area contributed by atoms with Crippen LogP contribution in [-0.4, -0.2) is 23.6 Å². The standard InChI is InChI=1S/C19H13ClF3N5O2S/c20-14-9-11(28-31(29,30)12-4-1-10(2-5-12)19(21,22)23)3-6-13(14)15-7-8-16-17(25-15)18(24)27-26-16/h1-9,28H,(H3,24,26,27). The summed E-state index contributed by atoms with van der Waals surface area (Å²) >= 11 is 6.32. The Morgan fingerprint density at radius 2 is 1.74 bits per heavy atom. The van der Waals surface area contributed by atoms with Gasteiger partial charge in [-0.25, -0.2) is 13.4 Å². The third-order valence-electron chi connectivity index (χ3n) is 4.42. The van der Waals surface area contributed by atoms with Crippen LogP contribution in [0.15, 0.2) is 59.5 Å². The second kappa shape index (κ2) is 7.43. The van der Waals surface area contributed by atoms with Crippen molar-refractivity contribution in [3.63, 3.8) is 0 Å². The van der Waals surface area contributed by atoms with Gasteiger partial charge in [0.2, 0.25) is 0 Å². The second-order valence-corrected chi connectivity index (χ2v) is 8.61. The van der Waals surface area contributed by atoms with Gasteiger partial charge in [-0.2, -0.15) is 18.3 Å². The molecule has 0 aliphatic rings. The lowest BCUT2D eigenvalue weighted by Gasteiger charge is -2.12. The predicted molar refractivity (Wildman–Crippen MR) is 111 cm³/mol. The number of halogens is 4. The molecule has 2 aromatic carbocycles. The SMILES string of the molecule is Nc1n[nH]c2ccc(-c3ccc(NS(=O)(=O)c4ccc(C(F)(F)F)cc4)cc3Cl)nc12. The van der Waals surface area contributed by atoms with Crippen LogP contribution in [0.4, 0.5) is 24.7 Å². The zero-order chi connectivity index (χ0) is 22.4. The van der Waals surface area contributed by atoms with Crippen molar-refractivity contribution in [2.45, 2.75) is 11.1 Å². The first-order valence-electron chi connectivity index (χ1n) is 8.65. The van der Waals surface area contributed by atoms with Gasteiger partial charge < -0.3 is 5.73 Å². The first-order valence-corrected chi connectivity index (χ1v) is 10.5. The van der Waals surface area contributed by atoms with Gasteiger partial charge in [0, 0.05) is 5.56 Å². The number of nitrogen functional groups attached to an aromatic ring is 1. The molecule has 2 heterocycles. The second-order valence-electron chi connectivity index (χ2n) is 6.52. The van der Waals surface area contributed by atoms with Gasteiger partial charge in [-0.05, 0) is 54.6 Å². The molecule has 4 aromatic rings. The number of H-pyrrole nitrogens is 1. The van der Waals surface area contributed by atoms with Crippen LogP contribution in [0.3, 0.4) is 0 Å². The number of nitrogens with zero attached hydrogens (tertiary/aromatic N) is 2. The molecule has 12 heteroatoms. The van der Waals surface area contributed by atoms with E-state index in [1.54, 1.807) is 18.2 Å². The van der Waals surface area contributed by atoms with Gasteiger partial charge in [-0.15, -0.1) is 0 Å². The van der Waals surface area contributed by atoms with Gasteiger partial charge in [0.05, 0.1) is 32.4 Å². The number of benzene rings is 2. The van der Waals surface area contributed by atoms with E-state index in [0.717, 1.165) is 12.1 Å². The number of nitrogens with two attached hydrogens (primary N) is 1. The summed E-state index contributed by atoms with van der Waals surface area (Å²) < 4.78 is 65.4.